The van der Waals surface area contributed by atoms with Crippen LogP contribution >= 0.6 is 22.9 Å². The van der Waals surface area contributed by atoms with Gasteiger partial charge >= 0.3 is 5.97 Å². The smallest absolute Gasteiger partial charge is 0.358 e. The van der Waals surface area contributed by atoms with Crippen molar-refractivity contribution in [1.82, 2.24) is 9.88 Å². The lowest BCUT2D eigenvalue weighted by molar-refractivity contribution is -0.134. The predicted octanol–water partition coefficient (Wildman–Crippen LogP) is 4.81. The molecule has 8 heteroatoms. The molecule has 150 valence electrons. The van der Waals surface area contributed by atoms with Crippen LogP contribution in [0.1, 0.15) is 23.0 Å². The van der Waals surface area contributed by atoms with E-state index >= 15 is 0 Å². The first-order valence-corrected chi connectivity index (χ1v) is 10.1. The number of carbonyl (C=O) groups is 2. The van der Waals surface area contributed by atoms with Gasteiger partial charge < -0.3 is 9.64 Å². The maximum atomic E-state index is 13.3. The molecule has 1 amide bonds. The molecule has 5 nitrogen and oxygen atoms in total. The molecule has 0 saturated carbocycles. The maximum Gasteiger partial charge on any atom is 0.358 e. The zero-order valence-corrected chi connectivity index (χ0v) is 17.2. The van der Waals surface area contributed by atoms with Gasteiger partial charge in [0.2, 0.25) is 0 Å². The van der Waals surface area contributed by atoms with Gasteiger partial charge in [0, 0.05) is 29.1 Å². The molecule has 0 unspecified atom stereocenters. The first kappa shape index (κ1) is 21.0. The lowest BCUT2D eigenvalue weighted by Crippen LogP contribution is -2.34. The molecule has 3 rings (SSSR count). The molecule has 0 aliphatic heterocycles. The molecule has 2 aromatic carbocycles. The van der Waals surface area contributed by atoms with Crippen molar-refractivity contribution in [2.45, 2.75) is 13.5 Å². The van der Waals surface area contributed by atoms with Crippen LogP contribution in [0.4, 0.5) is 4.39 Å². The minimum Gasteiger partial charge on any atom is -0.451 e. The van der Waals surface area contributed by atoms with Gasteiger partial charge in [-0.05, 0) is 36.8 Å². The number of thiazole rings is 1. The summed E-state index contributed by atoms with van der Waals surface area (Å²) < 4.78 is 18.4. The summed E-state index contributed by atoms with van der Waals surface area (Å²) in [6.07, 6.45) is 0. The van der Waals surface area contributed by atoms with Crippen LogP contribution < -0.4 is 0 Å². The third-order valence-electron chi connectivity index (χ3n) is 4.13. The fraction of sp³-hybridized carbons (Fsp3) is 0.190. The summed E-state index contributed by atoms with van der Waals surface area (Å²) in [4.78, 5) is 30.4. The van der Waals surface area contributed by atoms with E-state index in [1.165, 1.54) is 28.4 Å². The highest BCUT2D eigenvalue weighted by Gasteiger charge is 2.18. The summed E-state index contributed by atoms with van der Waals surface area (Å²) in [7, 11) is 0. The van der Waals surface area contributed by atoms with Gasteiger partial charge in [0.1, 0.15) is 10.8 Å². The Bertz CT molecular complexity index is 1010. The van der Waals surface area contributed by atoms with Crippen LogP contribution in [0.2, 0.25) is 5.02 Å². The normalized spacial score (nSPS) is 10.6. The minimum absolute atomic E-state index is 0.140. The van der Waals surface area contributed by atoms with Crippen molar-refractivity contribution in [1.29, 1.82) is 0 Å². The minimum atomic E-state index is -0.670. The second-order valence-corrected chi connectivity index (χ2v) is 7.45. The monoisotopic (exact) mass is 432 g/mol. The molecule has 3 aromatic rings. The largest absolute Gasteiger partial charge is 0.451 e. The average Bonchev–Trinajstić information content (AvgIpc) is 3.21. The van der Waals surface area contributed by atoms with Crippen LogP contribution in [0.25, 0.3) is 10.6 Å². The third kappa shape index (κ3) is 5.62. The summed E-state index contributed by atoms with van der Waals surface area (Å²) in [5, 5.41) is 2.85. The summed E-state index contributed by atoms with van der Waals surface area (Å²) in [6.45, 7) is 2.04. The fourth-order valence-corrected chi connectivity index (χ4v) is 3.54. The zero-order valence-electron chi connectivity index (χ0n) is 15.6. The van der Waals surface area contributed by atoms with E-state index in [0.717, 1.165) is 5.56 Å². The Hall–Kier alpha value is -2.77. The summed E-state index contributed by atoms with van der Waals surface area (Å²) in [6, 6.07) is 13.1. The van der Waals surface area contributed by atoms with Gasteiger partial charge in [-0.3, -0.25) is 4.79 Å². The van der Waals surface area contributed by atoms with E-state index in [2.05, 4.69) is 4.98 Å². The van der Waals surface area contributed by atoms with Gasteiger partial charge in [0.05, 0.1) is 0 Å². The van der Waals surface area contributed by atoms with Crippen molar-refractivity contribution in [2.75, 3.05) is 13.2 Å². The maximum absolute atomic E-state index is 13.3. The second kappa shape index (κ2) is 9.62. The number of hydrogen-bond acceptors (Lipinski definition) is 5. The Morgan fingerprint density at radius 2 is 1.97 bits per heavy atom. The van der Waals surface area contributed by atoms with E-state index in [1.807, 2.05) is 12.1 Å². The number of rotatable bonds is 7. The van der Waals surface area contributed by atoms with E-state index < -0.39 is 12.6 Å². The third-order valence-corrected chi connectivity index (χ3v) is 5.27. The van der Waals surface area contributed by atoms with Crippen LogP contribution in [0.3, 0.4) is 0 Å². The van der Waals surface area contributed by atoms with Gasteiger partial charge in [-0.1, -0.05) is 35.9 Å². The van der Waals surface area contributed by atoms with Crippen molar-refractivity contribution < 1.29 is 18.7 Å². The fourth-order valence-electron chi connectivity index (χ4n) is 2.62. The molecule has 0 bridgehead atoms. The highest BCUT2D eigenvalue weighted by Crippen LogP contribution is 2.25. The topological polar surface area (TPSA) is 59.5 Å². The molecule has 0 fully saturated rings. The van der Waals surface area contributed by atoms with E-state index in [1.54, 1.807) is 36.6 Å². The van der Waals surface area contributed by atoms with Gasteiger partial charge in [-0.25, -0.2) is 14.2 Å². The van der Waals surface area contributed by atoms with Gasteiger partial charge in [0.15, 0.2) is 12.3 Å². The Morgan fingerprint density at radius 3 is 2.66 bits per heavy atom. The number of nitrogens with zero attached hydrogens (tertiary/aromatic N) is 2. The SMILES string of the molecule is CCN(Cc1cccc(F)c1)C(=O)COC(=O)c1csc(-c2ccc(Cl)cc2)n1. The molecule has 0 aliphatic rings. The lowest BCUT2D eigenvalue weighted by Gasteiger charge is -2.20. The average molecular weight is 433 g/mol. The molecular weight excluding hydrogens is 415 g/mol. The molecule has 0 atom stereocenters. The van der Waals surface area contributed by atoms with Gasteiger partial charge in [-0.15, -0.1) is 11.3 Å². The standard InChI is InChI=1S/C21H18ClFN2O3S/c1-2-25(11-14-4-3-5-17(23)10-14)19(26)12-28-21(27)18-13-29-20(24-18)15-6-8-16(22)9-7-15/h3-10,13H,2,11-12H2,1H3. The quantitative estimate of drug-likeness (QED) is 0.503. The first-order chi connectivity index (χ1) is 14.0. The zero-order chi connectivity index (χ0) is 20.8. The predicted molar refractivity (Wildman–Crippen MR) is 110 cm³/mol. The van der Waals surface area contributed by atoms with Crippen LogP contribution in [0, 0.1) is 5.82 Å². The number of ether oxygens (including phenoxy) is 1. The van der Waals surface area contributed by atoms with Gasteiger partial charge in [0.25, 0.3) is 5.91 Å². The number of halogens is 2. The highest BCUT2D eigenvalue weighted by atomic mass is 35.5. The Balaban J connectivity index is 1.58. The van der Waals surface area contributed by atoms with Crippen molar-refractivity contribution in [3.05, 3.63) is 76.0 Å². The number of esters is 1. The number of likely N-dealkylation sites (N-methyl/N-ethyl adjacent to an activating group) is 1. The van der Waals surface area contributed by atoms with Crippen molar-refractivity contribution in [2.24, 2.45) is 0 Å². The first-order valence-electron chi connectivity index (χ1n) is 8.87. The number of hydrogen-bond donors (Lipinski definition) is 0. The van der Waals surface area contributed by atoms with E-state index in [0.29, 0.717) is 22.1 Å². The molecule has 0 N–H and O–H groups in total. The summed E-state index contributed by atoms with van der Waals surface area (Å²) in [5.41, 5.74) is 1.64. The van der Waals surface area contributed by atoms with Crippen LogP contribution in [0.5, 0.6) is 0 Å². The van der Waals surface area contributed by atoms with E-state index in [9.17, 15) is 14.0 Å². The number of carbonyl (C=O) groups excluding carboxylic acids is 2. The van der Waals surface area contributed by atoms with Crippen LogP contribution in [-0.2, 0) is 16.1 Å². The van der Waals surface area contributed by atoms with Gasteiger partial charge in [-0.2, -0.15) is 0 Å². The van der Waals surface area contributed by atoms with Crippen molar-refractivity contribution in [3.63, 3.8) is 0 Å². The Kier molecular flexibility index (Phi) is 6.95. The number of aromatic nitrogens is 1. The Labute approximate surface area is 176 Å². The van der Waals surface area contributed by atoms with E-state index in [4.69, 9.17) is 16.3 Å². The molecule has 0 aliphatic carbocycles. The summed E-state index contributed by atoms with van der Waals surface area (Å²) in [5.74, 6) is -1.40. The van der Waals surface area contributed by atoms with Crippen LogP contribution in [-0.4, -0.2) is 34.9 Å². The number of amides is 1. The highest BCUT2D eigenvalue weighted by molar-refractivity contribution is 7.13. The Morgan fingerprint density at radius 1 is 1.21 bits per heavy atom. The number of benzene rings is 2. The van der Waals surface area contributed by atoms with Crippen LogP contribution in [0.15, 0.2) is 53.9 Å². The molecule has 0 radical (unpaired) electrons. The molecule has 1 heterocycles. The summed E-state index contributed by atoms with van der Waals surface area (Å²) >= 11 is 7.18. The lowest BCUT2D eigenvalue weighted by atomic mass is 10.2. The van der Waals surface area contributed by atoms with Crippen molar-refractivity contribution >= 4 is 34.8 Å². The molecule has 29 heavy (non-hydrogen) atoms. The second-order valence-electron chi connectivity index (χ2n) is 6.16. The molecule has 1 aromatic heterocycles. The van der Waals surface area contributed by atoms with Crippen molar-refractivity contribution in [3.8, 4) is 10.6 Å². The molecular formula is C21H18ClFN2O3S. The molecule has 0 spiro atoms. The molecule has 0 saturated heterocycles. The van der Waals surface area contributed by atoms with E-state index in [-0.39, 0.29) is 24.0 Å².